The standard InChI is InChI=1S/C6F9P/c7-1-2(8)4(10)6(5(11)3(1)9)16(12,13,14)15. The van der Waals surface area contributed by atoms with Crippen molar-refractivity contribution in [1.82, 2.24) is 0 Å². The van der Waals surface area contributed by atoms with E-state index >= 15 is 0 Å². The Bertz CT molecular complexity index is 421. The van der Waals surface area contributed by atoms with Gasteiger partial charge in [-0.25, -0.2) is 0 Å². The molecule has 1 rings (SSSR count). The van der Waals surface area contributed by atoms with E-state index in [-0.39, 0.29) is 0 Å². The van der Waals surface area contributed by atoms with Gasteiger partial charge in [-0.05, 0) is 0 Å². The van der Waals surface area contributed by atoms with E-state index < -0.39 is 42.2 Å². The zero-order valence-electron chi connectivity index (χ0n) is 6.85. The maximum atomic E-state index is 12.5. The monoisotopic (exact) mass is 274 g/mol. The maximum absolute atomic E-state index is 12.5. The molecule has 0 atom stereocenters. The Kier molecular flexibility index (Phi) is 2.66. The second-order valence-electron chi connectivity index (χ2n) is 2.64. The van der Waals surface area contributed by atoms with Gasteiger partial charge in [0.2, 0.25) is 0 Å². The van der Waals surface area contributed by atoms with Crippen LogP contribution in [-0.4, -0.2) is 0 Å². The summed E-state index contributed by atoms with van der Waals surface area (Å²) in [5, 5.41) is -3.34. The molecule has 0 aliphatic carbocycles. The van der Waals surface area contributed by atoms with Gasteiger partial charge in [0, 0.05) is 0 Å². The fraction of sp³-hybridized carbons (Fsp3) is 0. The summed E-state index contributed by atoms with van der Waals surface area (Å²) in [6, 6.07) is 0. The summed E-state index contributed by atoms with van der Waals surface area (Å²) in [4.78, 5) is 0. The van der Waals surface area contributed by atoms with Crippen molar-refractivity contribution in [2.24, 2.45) is 0 Å². The predicted octanol–water partition coefficient (Wildman–Crippen LogP) is 4.10. The van der Waals surface area contributed by atoms with Gasteiger partial charge in [-0.2, -0.15) is 0 Å². The van der Waals surface area contributed by atoms with Crippen molar-refractivity contribution in [1.29, 1.82) is 0 Å². The molecular weight excluding hydrogens is 274 g/mol. The van der Waals surface area contributed by atoms with Crippen LogP contribution in [-0.2, 0) is 0 Å². The number of hydrogen-bond acceptors (Lipinski definition) is 0. The topological polar surface area (TPSA) is 0 Å². The summed E-state index contributed by atoms with van der Waals surface area (Å²) in [7, 11) is -9.07. The van der Waals surface area contributed by atoms with Crippen molar-refractivity contribution >= 4 is 13.2 Å². The molecule has 0 aromatic heterocycles. The van der Waals surface area contributed by atoms with Crippen LogP contribution >= 0.6 is 7.85 Å². The predicted molar refractivity (Wildman–Crippen MR) is 37.2 cm³/mol. The first kappa shape index (κ1) is 13.1. The van der Waals surface area contributed by atoms with Crippen molar-refractivity contribution in [3.63, 3.8) is 0 Å². The van der Waals surface area contributed by atoms with Crippen LogP contribution in [0, 0.1) is 29.1 Å². The summed E-state index contributed by atoms with van der Waals surface area (Å²) >= 11 is 0. The molecule has 0 radical (unpaired) electrons. The summed E-state index contributed by atoms with van der Waals surface area (Å²) < 4.78 is 110. The fourth-order valence-corrected chi connectivity index (χ4v) is 1.68. The first-order valence-electron chi connectivity index (χ1n) is 3.34. The Morgan fingerprint density at radius 2 is 0.750 bits per heavy atom. The molecule has 0 aliphatic rings. The molecule has 1 aromatic rings. The normalized spacial score (nSPS) is 14.7. The quantitative estimate of drug-likeness (QED) is 0.313. The Labute approximate surface area is 82.1 Å². The zero-order chi connectivity index (χ0) is 12.9. The summed E-state index contributed by atoms with van der Waals surface area (Å²) in [6.07, 6.45) is 0. The van der Waals surface area contributed by atoms with E-state index in [1.807, 2.05) is 0 Å². The molecular formula is C6F9P. The summed E-state index contributed by atoms with van der Waals surface area (Å²) in [5.41, 5.74) is 0. The first-order valence-corrected chi connectivity index (χ1v) is 5.14. The van der Waals surface area contributed by atoms with E-state index in [4.69, 9.17) is 0 Å². The molecule has 0 aliphatic heterocycles. The van der Waals surface area contributed by atoms with E-state index in [1.54, 1.807) is 0 Å². The Morgan fingerprint density at radius 3 is 1.00 bits per heavy atom. The van der Waals surface area contributed by atoms with E-state index in [2.05, 4.69) is 0 Å². The number of hydrogen-bond donors (Lipinski definition) is 0. The molecule has 0 amide bonds. The minimum absolute atomic E-state index is 2.78. The van der Waals surface area contributed by atoms with Crippen molar-refractivity contribution in [3.8, 4) is 0 Å². The zero-order valence-corrected chi connectivity index (χ0v) is 7.74. The molecule has 10 heteroatoms. The summed E-state index contributed by atoms with van der Waals surface area (Å²) in [6.45, 7) is 0. The van der Waals surface area contributed by atoms with Crippen LogP contribution in [0.2, 0.25) is 0 Å². The Balaban J connectivity index is 3.80. The van der Waals surface area contributed by atoms with E-state index in [0.29, 0.717) is 0 Å². The van der Waals surface area contributed by atoms with Gasteiger partial charge in [0.15, 0.2) is 0 Å². The SMILES string of the molecule is Fc1c(F)c(F)c(P(F)(F)(F)F)c(F)c1F. The Hall–Kier alpha value is -0.980. The molecule has 0 unspecified atom stereocenters. The van der Waals surface area contributed by atoms with Crippen LogP contribution in [0.1, 0.15) is 0 Å². The van der Waals surface area contributed by atoms with Crippen LogP contribution in [0.15, 0.2) is 0 Å². The van der Waals surface area contributed by atoms with E-state index in [9.17, 15) is 38.7 Å². The minimum atomic E-state index is -9.07. The van der Waals surface area contributed by atoms with Crippen LogP contribution in [0.5, 0.6) is 0 Å². The van der Waals surface area contributed by atoms with Gasteiger partial charge in [0.1, 0.15) is 0 Å². The van der Waals surface area contributed by atoms with E-state index in [0.717, 1.165) is 0 Å². The van der Waals surface area contributed by atoms with Crippen molar-refractivity contribution in [2.45, 2.75) is 0 Å². The Morgan fingerprint density at radius 1 is 0.500 bits per heavy atom. The van der Waals surface area contributed by atoms with Crippen molar-refractivity contribution < 1.29 is 38.7 Å². The summed E-state index contributed by atoms with van der Waals surface area (Å²) in [5.74, 6) is -14.9. The number of benzene rings is 1. The number of halogens is 9. The molecule has 1 aromatic carbocycles. The van der Waals surface area contributed by atoms with Crippen molar-refractivity contribution in [3.05, 3.63) is 29.1 Å². The van der Waals surface area contributed by atoms with Gasteiger partial charge >= 0.3 is 81.0 Å². The van der Waals surface area contributed by atoms with Crippen LogP contribution < -0.4 is 5.30 Å². The molecule has 0 N–H and O–H groups in total. The average molecular weight is 274 g/mol. The second kappa shape index (κ2) is 3.26. The van der Waals surface area contributed by atoms with Crippen LogP contribution in [0.3, 0.4) is 0 Å². The molecule has 0 spiro atoms. The van der Waals surface area contributed by atoms with Gasteiger partial charge in [-0.3, -0.25) is 0 Å². The molecule has 0 heterocycles. The molecule has 92 valence electrons. The van der Waals surface area contributed by atoms with Crippen molar-refractivity contribution in [2.75, 3.05) is 0 Å². The van der Waals surface area contributed by atoms with Gasteiger partial charge in [0.25, 0.3) is 0 Å². The molecule has 16 heavy (non-hydrogen) atoms. The molecule has 0 saturated carbocycles. The molecule has 0 bridgehead atoms. The van der Waals surface area contributed by atoms with Gasteiger partial charge in [-0.1, -0.05) is 0 Å². The average Bonchev–Trinajstić information content (AvgIpc) is 2.08. The first-order chi connectivity index (χ1) is 6.93. The fourth-order valence-electron chi connectivity index (χ4n) is 0.890. The third-order valence-electron chi connectivity index (χ3n) is 1.52. The third-order valence-corrected chi connectivity index (χ3v) is 2.59. The van der Waals surface area contributed by atoms with Gasteiger partial charge in [-0.15, -0.1) is 0 Å². The van der Waals surface area contributed by atoms with Gasteiger partial charge < -0.3 is 0 Å². The van der Waals surface area contributed by atoms with Crippen LogP contribution in [0.25, 0.3) is 0 Å². The molecule has 0 fully saturated rings. The number of rotatable bonds is 1. The molecule has 0 nitrogen and oxygen atoms in total. The van der Waals surface area contributed by atoms with Gasteiger partial charge in [0.05, 0.1) is 0 Å². The van der Waals surface area contributed by atoms with E-state index in [1.165, 1.54) is 0 Å². The molecule has 0 saturated heterocycles. The third kappa shape index (κ3) is 1.95. The second-order valence-corrected chi connectivity index (χ2v) is 4.53. The van der Waals surface area contributed by atoms with Crippen LogP contribution in [0.4, 0.5) is 38.7 Å².